The number of benzene rings is 7. The van der Waals surface area contributed by atoms with E-state index in [0.29, 0.717) is 50.2 Å². The van der Waals surface area contributed by atoms with E-state index in [9.17, 15) is 30.7 Å². The van der Waals surface area contributed by atoms with Crippen molar-refractivity contribution in [1.82, 2.24) is 0 Å². The second kappa shape index (κ2) is 73.2. The van der Waals surface area contributed by atoms with Gasteiger partial charge >= 0.3 is 0 Å². The minimum Gasteiger partial charge on any atom is -0.255 e. The zero-order chi connectivity index (χ0) is 50.6. The van der Waals surface area contributed by atoms with E-state index in [1.165, 1.54) is 94.2 Å². The molecule has 8 rings (SSSR count). The van der Waals surface area contributed by atoms with Gasteiger partial charge in [0.05, 0.1) is 50.2 Å². The Balaban J connectivity index is -0.000000126. The third kappa shape index (κ3) is 47.7. The summed E-state index contributed by atoms with van der Waals surface area (Å²) in [6.45, 7) is 0. The fraction of sp³-hybridized carbons (Fsp3) is 0.311. The second-order valence-corrected chi connectivity index (χ2v) is 15.1. The van der Waals surface area contributed by atoms with Crippen molar-refractivity contribution in [2.24, 2.45) is 11.8 Å². The van der Waals surface area contributed by atoms with Gasteiger partial charge in [-0.3, -0.25) is 30.7 Å². The van der Waals surface area contributed by atoms with E-state index in [0.717, 1.165) is 37.5 Å². The molecule has 0 heterocycles. The topological polar surface area (TPSA) is 0 Å². The van der Waals surface area contributed by atoms with Crippen molar-refractivity contribution in [3.8, 4) is 0 Å². The summed E-state index contributed by atoms with van der Waals surface area (Å²) < 4.78 is 66.5. The minimum atomic E-state index is 0. The summed E-state index contributed by atoms with van der Waals surface area (Å²) in [7, 11) is 3.50. The van der Waals surface area contributed by atoms with Crippen LogP contribution in [-0.4, -0.2) is 283 Å². The van der Waals surface area contributed by atoms with Crippen LogP contribution < -0.4 is 0 Å². The van der Waals surface area contributed by atoms with Gasteiger partial charge in [-0.15, -0.1) is 0 Å². The summed E-state index contributed by atoms with van der Waals surface area (Å²) >= 11 is 0. The zero-order valence-electron chi connectivity index (χ0n) is 47.3. The molecule has 1 aliphatic rings. The van der Waals surface area contributed by atoms with Gasteiger partial charge in [-0.2, -0.15) is 144 Å². The molecule has 8 radical (unpaired) electrons. The Labute approximate surface area is 752 Å². The first-order chi connectivity index (χ1) is 33.7. The third-order valence-electron chi connectivity index (χ3n) is 10.9. The smallest absolute Gasteiger partial charge is 0.0785 e. The molecule has 384 valence electrons. The van der Waals surface area contributed by atoms with E-state index >= 15 is 0 Å². The van der Waals surface area contributed by atoms with Crippen LogP contribution in [0.2, 0.25) is 0 Å². The molecular weight excluding hydrogens is 1560 g/mol. The number of alkyl halides is 7. The summed E-state index contributed by atoms with van der Waals surface area (Å²) in [6, 6.07) is 72.9. The number of halogens is 7. The zero-order valence-corrected chi connectivity index (χ0v) is 78.4. The van der Waals surface area contributed by atoms with Crippen molar-refractivity contribution in [2.45, 2.75) is 64.2 Å². The molecule has 0 amide bonds. The van der Waals surface area contributed by atoms with Crippen molar-refractivity contribution in [1.29, 1.82) is 0 Å². The van der Waals surface area contributed by atoms with Crippen LogP contribution in [0.3, 0.4) is 0 Å². The Bertz CT molecular complexity index is 2050. The SMILES string of the molecule is CF.CF.CF.CF.CF.CF.CF.[Rb].[Rb].[Rb].[Rb].[Y].[Y].[Y].[Y].[c-]1ccc(Cc2ccc(CC3CCC(Cc4cc[c-]cc4)CC3)cc2)cc1.[c-]1ccc(Cc2ccc(Cc3ccc(Cc4cc[c-]cc4)cc3)cc2)cc1. The van der Waals surface area contributed by atoms with Gasteiger partial charge in [-0.1, -0.05) is 72.8 Å². The first-order valence-electron chi connectivity index (χ1n) is 22.4. The van der Waals surface area contributed by atoms with Gasteiger partial charge in [0.1, 0.15) is 0 Å². The fourth-order valence-electron chi connectivity index (χ4n) is 7.77. The Morgan fingerprint density at radius 1 is 0.250 bits per heavy atom. The summed E-state index contributed by atoms with van der Waals surface area (Å²) in [4.78, 5) is 0. The molecule has 7 aromatic rings. The van der Waals surface area contributed by atoms with Crippen LogP contribution >= 0.6 is 0 Å². The minimum absolute atomic E-state index is 0. The molecule has 0 spiro atoms. The van der Waals surface area contributed by atoms with Crippen LogP contribution in [0.1, 0.15) is 81.3 Å². The van der Waals surface area contributed by atoms with Crippen LogP contribution in [0.4, 0.5) is 30.7 Å². The molecule has 1 aliphatic carbocycles. The van der Waals surface area contributed by atoms with Gasteiger partial charge in [0.2, 0.25) is 0 Å². The van der Waals surface area contributed by atoms with Crippen molar-refractivity contribution < 1.29 is 162 Å². The molecule has 0 aromatic heterocycles. The predicted molar refractivity (Wildman–Crippen MR) is 297 cm³/mol. The number of hydrogen-bond acceptors (Lipinski definition) is 0. The van der Waals surface area contributed by atoms with Gasteiger partial charge in [-0.25, -0.2) is 0 Å². The molecule has 0 aliphatic heterocycles. The van der Waals surface area contributed by atoms with E-state index in [1.807, 2.05) is 48.5 Å². The average Bonchev–Trinajstić information content (AvgIpc) is 3.44. The molecule has 1 saturated carbocycles. The Kier molecular flexibility index (Phi) is 96.9. The monoisotopic (exact) mass is 1630 g/mol. The van der Waals surface area contributed by atoms with Gasteiger partial charge < -0.3 is 0 Å². The average molecular weight is 1630 g/mol. The van der Waals surface area contributed by atoms with Crippen LogP contribution in [0.25, 0.3) is 0 Å². The Morgan fingerprint density at radius 3 is 0.566 bits per heavy atom. The summed E-state index contributed by atoms with van der Waals surface area (Å²) in [5.41, 5.74) is 13.8. The Morgan fingerprint density at radius 2 is 0.382 bits per heavy atom. The van der Waals surface area contributed by atoms with E-state index in [2.05, 4.69) is 146 Å². The molecule has 0 bridgehead atoms. The molecule has 0 nitrogen and oxygen atoms in total. The normalized spacial score (nSPS) is 11.3. The first kappa shape index (κ1) is 101. The molecule has 7 aromatic carbocycles. The molecule has 76 heavy (non-hydrogen) atoms. The molecule has 0 atom stereocenters. The quantitative estimate of drug-likeness (QED) is 0.0845. The van der Waals surface area contributed by atoms with Crippen LogP contribution in [-0.2, 0) is 169 Å². The molecule has 15 heteroatoms. The van der Waals surface area contributed by atoms with Crippen LogP contribution in [0, 0.1) is 36.1 Å². The standard InChI is InChI=1S/C27H28.C27H22.7CH3F.4Rb.4Y/c2*1-3-7-22(8-4-1)19-24-11-15-26(16-12-24)21-27-17-13-25(14-18-27)20-23-9-5-2-6-10-23;7*1-2;;;;;;;;/h3-12,15-16,25,27H,13-14,17-21H2;3-18H,19-21H2;7*1H3;;;;;;;;/q2*-2;;;;;;;;;;;;;;;. The largest absolute Gasteiger partial charge is 0.255 e. The van der Waals surface area contributed by atoms with Crippen molar-refractivity contribution in [2.75, 3.05) is 50.2 Å². The molecule has 0 saturated heterocycles. The van der Waals surface area contributed by atoms with E-state index < -0.39 is 0 Å². The molecule has 0 unspecified atom stereocenters. The van der Waals surface area contributed by atoms with Gasteiger partial charge in [0.15, 0.2) is 0 Å². The van der Waals surface area contributed by atoms with Crippen molar-refractivity contribution in [3.05, 3.63) is 250 Å². The summed E-state index contributed by atoms with van der Waals surface area (Å²) in [6.07, 6.45) is 11.9. The molecular formula is C61H71F7Rb4Y4-4. The fourth-order valence-corrected chi connectivity index (χ4v) is 7.77. The molecule has 0 N–H and O–H groups in total. The number of rotatable bonds is 12. The van der Waals surface area contributed by atoms with Crippen LogP contribution in [0.15, 0.2) is 170 Å². The first-order valence-corrected chi connectivity index (χ1v) is 22.4. The van der Waals surface area contributed by atoms with Crippen LogP contribution in [0.5, 0.6) is 0 Å². The second-order valence-electron chi connectivity index (χ2n) is 15.1. The Hall–Kier alpha value is 5.69. The van der Waals surface area contributed by atoms with Gasteiger partial charge in [-0.05, 0) is 109 Å². The summed E-state index contributed by atoms with van der Waals surface area (Å²) in [5, 5.41) is 0. The van der Waals surface area contributed by atoms with E-state index in [-0.39, 0.29) is 364 Å². The number of hydrogen-bond donors (Lipinski definition) is 0. The van der Waals surface area contributed by atoms with Gasteiger partial charge in [0, 0.05) is 364 Å². The molecule has 1 fully saturated rings. The van der Waals surface area contributed by atoms with E-state index in [4.69, 9.17) is 0 Å². The van der Waals surface area contributed by atoms with E-state index in [1.54, 1.807) is 0 Å². The maximum Gasteiger partial charge on any atom is 0.0785 e. The maximum absolute atomic E-state index is 9.50. The van der Waals surface area contributed by atoms with Crippen molar-refractivity contribution in [3.63, 3.8) is 0 Å². The third-order valence-corrected chi connectivity index (χ3v) is 10.9. The summed E-state index contributed by atoms with van der Waals surface area (Å²) in [5.74, 6) is 1.73. The van der Waals surface area contributed by atoms with Gasteiger partial charge in [0.25, 0.3) is 0 Å². The predicted octanol–water partition coefficient (Wildman–Crippen LogP) is 15.1. The maximum atomic E-state index is 9.50. The van der Waals surface area contributed by atoms with Crippen molar-refractivity contribution >= 4 is 233 Å².